The topological polar surface area (TPSA) is 40.6 Å². The first-order chi connectivity index (χ1) is 7.57. The monoisotopic (exact) mass is 242 g/mol. The van der Waals surface area contributed by atoms with Crippen LogP contribution in [0.15, 0.2) is 12.2 Å². The second-order valence-corrected chi connectivity index (χ2v) is 4.36. The standard InChI is InChI=1S/C11H18N2O2S/c1-9(2)13-7-6-12(5-3-4-8-16)10(14)11(13)15/h3-4,9,16H,5-8H2,1-2H3/b4-3+. The van der Waals surface area contributed by atoms with Gasteiger partial charge in [-0.2, -0.15) is 12.6 Å². The van der Waals surface area contributed by atoms with Gasteiger partial charge >= 0.3 is 11.8 Å². The van der Waals surface area contributed by atoms with E-state index in [0.717, 1.165) is 0 Å². The highest BCUT2D eigenvalue weighted by Crippen LogP contribution is 2.08. The summed E-state index contributed by atoms with van der Waals surface area (Å²) in [5.74, 6) is -0.141. The average molecular weight is 242 g/mol. The van der Waals surface area contributed by atoms with E-state index in [0.29, 0.717) is 25.4 Å². The van der Waals surface area contributed by atoms with Gasteiger partial charge in [-0.15, -0.1) is 0 Å². The lowest BCUT2D eigenvalue weighted by Crippen LogP contribution is -2.56. The van der Waals surface area contributed by atoms with Crippen LogP contribution < -0.4 is 0 Å². The van der Waals surface area contributed by atoms with Gasteiger partial charge in [-0.05, 0) is 13.8 Å². The fourth-order valence-corrected chi connectivity index (χ4v) is 1.78. The Morgan fingerprint density at radius 3 is 2.50 bits per heavy atom. The highest BCUT2D eigenvalue weighted by molar-refractivity contribution is 7.80. The van der Waals surface area contributed by atoms with Gasteiger partial charge in [-0.25, -0.2) is 0 Å². The molecule has 0 aromatic carbocycles. The molecule has 1 saturated heterocycles. The molecule has 0 radical (unpaired) electrons. The molecular formula is C11H18N2O2S. The molecule has 1 aliphatic rings. The average Bonchev–Trinajstić information content (AvgIpc) is 2.24. The van der Waals surface area contributed by atoms with Crippen molar-refractivity contribution in [1.29, 1.82) is 0 Å². The first-order valence-electron chi connectivity index (χ1n) is 5.43. The Morgan fingerprint density at radius 2 is 1.94 bits per heavy atom. The maximum atomic E-state index is 11.7. The van der Waals surface area contributed by atoms with Crippen LogP contribution in [0.3, 0.4) is 0 Å². The lowest BCUT2D eigenvalue weighted by molar-refractivity contribution is -0.156. The van der Waals surface area contributed by atoms with Crippen LogP contribution in [0.1, 0.15) is 13.8 Å². The summed E-state index contributed by atoms with van der Waals surface area (Å²) in [6.07, 6.45) is 3.74. The molecule has 1 heterocycles. The van der Waals surface area contributed by atoms with Crippen LogP contribution in [0.5, 0.6) is 0 Å². The molecule has 0 aliphatic carbocycles. The van der Waals surface area contributed by atoms with Crippen molar-refractivity contribution in [3.8, 4) is 0 Å². The van der Waals surface area contributed by atoms with Gasteiger partial charge in [0.15, 0.2) is 0 Å². The second kappa shape index (κ2) is 5.94. The fourth-order valence-electron chi connectivity index (χ4n) is 1.63. The second-order valence-electron chi connectivity index (χ2n) is 4.00. The molecule has 90 valence electrons. The lowest BCUT2D eigenvalue weighted by Gasteiger charge is -2.35. The van der Waals surface area contributed by atoms with Crippen molar-refractivity contribution in [1.82, 2.24) is 9.80 Å². The molecular weight excluding hydrogens is 224 g/mol. The quantitative estimate of drug-likeness (QED) is 0.444. The van der Waals surface area contributed by atoms with Gasteiger partial charge in [0.2, 0.25) is 0 Å². The summed E-state index contributed by atoms with van der Waals surface area (Å²) in [5.41, 5.74) is 0. The predicted octanol–water partition coefficient (Wildman–Crippen LogP) is 0.552. The molecule has 0 bridgehead atoms. The summed E-state index contributed by atoms with van der Waals surface area (Å²) in [6.45, 7) is 5.57. The summed E-state index contributed by atoms with van der Waals surface area (Å²) in [7, 11) is 0. The van der Waals surface area contributed by atoms with Crippen LogP contribution in [0.25, 0.3) is 0 Å². The largest absolute Gasteiger partial charge is 0.330 e. The highest BCUT2D eigenvalue weighted by Gasteiger charge is 2.32. The molecule has 5 heteroatoms. The smallest absolute Gasteiger partial charge is 0.312 e. The Bertz CT molecular complexity index is 302. The fraction of sp³-hybridized carbons (Fsp3) is 0.636. The van der Waals surface area contributed by atoms with E-state index in [1.165, 1.54) is 0 Å². The van der Waals surface area contributed by atoms with Gasteiger partial charge in [0.25, 0.3) is 0 Å². The van der Waals surface area contributed by atoms with Crippen LogP contribution in [-0.4, -0.2) is 53.0 Å². The molecule has 1 fully saturated rings. The van der Waals surface area contributed by atoms with Gasteiger partial charge in [-0.3, -0.25) is 9.59 Å². The van der Waals surface area contributed by atoms with Gasteiger partial charge in [0.05, 0.1) is 0 Å². The Kier molecular flexibility index (Phi) is 4.86. The molecule has 1 rings (SSSR count). The highest BCUT2D eigenvalue weighted by atomic mass is 32.1. The van der Waals surface area contributed by atoms with Crippen LogP contribution in [-0.2, 0) is 9.59 Å². The summed E-state index contributed by atoms with van der Waals surface area (Å²) < 4.78 is 0. The predicted molar refractivity (Wildman–Crippen MR) is 66.4 cm³/mol. The van der Waals surface area contributed by atoms with E-state index in [1.807, 2.05) is 26.0 Å². The summed E-state index contributed by atoms with van der Waals surface area (Å²) in [4.78, 5) is 26.6. The molecule has 0 unspecified atom stereocenters. The van der Waals surface area contributed by atoms with Crippen molar-refractivity contribution in [2.75, 3.05) is 25.4 Å². The van der Waals surface area contributed by atoms with Gasteiger partial charge < -0.3 is 9.80 Å². The zero-order valence-corrected chi connectivity index (χ0v) is 10.6. The molecule has 0 aromatic rings. The third-order valence-electron chi connectivity index (χ3n) is 2.56. The first-order valence-corrected chi connectivity index (χ1v) is 6.07. The van der Waals surface area contributed by atoms with Gasteiger partial charge in [0, 0.05) is 31.4 Å². The van der Waals surface area contributed by atoms with Crippen LogP contribution in [0.4, 0.5) is 0 Å². The minimum absolute atomic E-state index is 0.0894. The minimum Gasteiger partial charge on any atom is -0.330 e. The normalized spacial score (nSPS) is 18.0. The van der Waals surface area contributed by atoms with Gasteiger partial charge in [-0.1, -0.05) is 12.2 Å². The maximum Gasteiger partial charge on any atom is 0.312 e. The van der Waals surface area contributed by atoms with Crippen molar-refractivity contribution in [3.05, 3.63) is 12.2 Å². The molecule has 0 atom stereocenters. The number of piperazine rings is 1. The SMILES string of the molecule is CC(C)N1CCN(C/C=C/CS)C(=O)C1=O. The third-order valence-corrected chi connectivity index (χ3v) is 2.77. The molecule has 2 amide bonds. The van der Waals surface area contributed by atoms with E-state index < -0.39 is 5.91 Å². The summed E-state index contributed by atoms with van der Waals surface area (Å²) >= 11 is 4.03. The van der Waals surface area contributed by atoms with E-state index in [9.17, 15) is 9.59 Å². The Balaban J connectivity index is 2.58. The number of carbonyl (C=O) groups is 2. The Hall–Kier alpha value is -0.970. The Labute approximate surface area is 102 Å². The molecule has 4 nitrogen and oxygen atoms in total. The van der Waals surface area contributed by atoms with E-state index in [2.05, 4.69) is 12.6 Å². The lowest BCUT2D eigenvalue weighted by atomic mass is 10.2. The van der Waals surface area contributed by atoms with E-state index in [1.54, 1.807) is 9.80 Å². The number of rotatable bonds is 4. The molecule has 16 heavy (non-hydrogen) atoms. The van der Waals surface area contributed by atoms with Gasteiger partial charge in [0.1, 0.15) is 0 Å². The van der Waals surface area contributed by atoms with Crippen molar-refractivity contribution >= 4 is 24.4 Å². The Morgan fingerprint density at radius 1 is 1.25 bits per heavy atom. The maximum absolute atomic E-state index is 11.7. The van der Waals surface area contributed by atoms with Crippen molar-refractivity contribution < 1.29 is 9.59 Å². The van der Waals surface area contributed by atoms with Crippen molar-refractivity contribution in [2.24, 2.45) is 0 Å². The van der Waals surface area contributed by atoms with E-state index >= 15 is 0 Å². The van der Waals surface area contributed by atoms with Crippen molar-refractivity contribution in [2.45, 2.75) is 19.9 Å². The van der Waals surface area contributed by atoms with Crippen molar-refractivity contribution in [3.63, 3.8) is 0 Å². The number of hydrogen-bond acceptors (Lipinski definition) is 3. The summed E-state index contributed by atoms with van der Waals surface area (Å²) in [6, 6.07) is 0.0894. The molecule has 0 N–H and O–H groups in total. The molecule has 0 saturated carbocycles. The number of amides is 2. The first kappa shape index (κ1) is 13.1. The zero-order valence-electron chi connectivity index (χ0n) is 9.72. The number of thiol groups is 1. The molecule has 1 aliphatic heterocycles. The summed E-state index contributed by atoms with van der Waals surface area (Å²) in [5, 5.41) is 0. The minimum atomic E-state index is -0.399. The number of nitrogens with zero attached hydrogens (tertiary/aromatic N) is 2. The third kappa shape index (κ3) is 3.01. The van der Waals surface area contributed by atoms with Crippen LogP contribution >= 0.6 is 12.6 Å². The van der Waals surface area contributed by atoms with E-state index in [4.69, 9.17) is 0 Å². The molecule has 0 aromatic heterocycles. The number of carbonyl (C=O) groups excluding carboxylic acids is 2. The van der Waals surface area contributed by atoms with Crippen LogP contribution in [0.2, 0.25) is 0 Å². The van der Waals surface area contributed by atoms with E-state index in [-0.39, 0.29) is 11.9 Å². The zero-order chi connectivity index (χ0) is 12.1. The molecule has 0 spiro atoms. The van der Waals surface area contributed by atoms with Crippen LogP contribution in [0, 0.1) is 0 Å². The number of hydrogen-bond donors (Lipinski definition) is 1.